The van der Waals surface area contributed by atoms with Gasteiger partial charge in [0.2, 0.25) is 0 Å². The summed E-state index contributed by atoms with van der Waals surface area (Å²) in [4.78, 5) is 4.79. The van der Waals surface area contributed by atoms with Gasteiger partial charge < -0.3 is 18.6 Å². The summed E-state index contributed by atoms with van der Waals surface area (Å²) in [6, 6.07) is 96.1. The molecule has 0 unspecified atom stereocenters. The molecule has 0 bridgehead atoms. The standard InChI is InChI=1S/C72H44N2O2/c1-5-19-45(20-6-1)59-43-49-23-13-15-29-53(49)67-57-31-17-33-63(69(57)75-71(59)67)73(51-25-9-3-10-26-51)61-41-37-47-36-40-56-62(42-38-48-35-39-55(61)65(47)66(48)56)74(52-27-11-4-12-28-52)64-34-18-32-58-68-54-30-16-14-24-50(54)44-60(72(68)76-70(58)64)46-21-7-2-8-22-46/h1-44H. The number of nitrogens with zero attached hydrogens (tertiary/aromatic N) is 2. The molecule has 0 radical (unpaired) electrons. The summed E-state index contributed by atoms with van der Waals surface area (Å²) in [5, 5.41) is 16.2. The molecule has 14 aromatic carbocycles. The summed E-state index contributed by atoms with van der Waals surface area (Å²) in [7, 11) is 0. The minimum atomic E-state index is 0.838. The largest absolute Gasteiger partial charge is 0.453 e. The lowest BCUT2D eigenvalue weighted by atomic mass is 9.91. The van der Waals surface area contributed by atoms with Crippen molar-refractivity contribution in [1.29, 1.82) is 0 Å². The van der Waals surface area contributed by atoms with Crippen LogP contribution in [0.2, 0.25) is 0 Å². The molecule has 4 heteroatoms. The molecule has 0 fully saturated rings. The highest BCUT2D eigenvalue weighted by Crippen LogP contribution is 2.52. The van der Waals surface area contributed by atoms with Gasteiger partial charge >= 0.3 is 0 Å². The van der Waals surface area contributed by atoms with Gasteiger partial charge in [0.15, 0.2) is 11.2 Å². The Morgan fingerprint density at radius 2 is 0.592 bits per heavy atom. The van der Waals surface area contributed by atoms with Gasteiger partial charge in [-0.2, -0.15) is 0 Å². The van der Waals surface area contributed by atoms with Gasteiger partial charge in [-0.1, -0.05) is 206 Å². The molecule has 0 saturated heterocycles. The second-order valence-corrected chi connectivity index (χ2v) is 19.9. The molecule has 4 nitrogen and oxygen atoms in total. The Morgan fingerprint density at radius 3 is 1.03 bits per heavy atom. The second-order valence-electron chi connectivity index (χ2n) is 19.9. The first-order chi connectivity index (χ1) is 37.7. The molecule has 76 heavy (non-hydrogen) atoms. The van der Waals surface area contributed by atoms with Crippen LogP contribution in [0.5, 0.6) is 0 Å². The first kappa shape index (κ1) is 42.4. The fourth-order valence-corrected chi connectivity index (χ4v) is 12.4. The topological polar surface area (TPSA) is 32.8 Å². The van der Waals surface area contributed by atoms with Gasteiger partial charge in [0.1, 0.15) is 11.2 Å². The zero-order valence-corrected chi connectivity index (χ0v) is 41.1. The van der Waals surface area contributed by atoms with E-state index >= 15 is 0 Å². The molecule has 0 aliphatic heterocycles. The maximum atomic E-state index is 7.30. The molecule has 0 saturated carbocycles. The van der Waals surface area contributed by atoms with Crippen LogP contribution in [0.25, 0.3) is 120 Å². The fraction of sp³-hybridized carbons (Fsp3) is 0. The fourth-order valence-electron chi connectivity index (χ4n) is 12.4. The molecule has 0 aliphatic rings. The lowest BCUT2D eigenvalue weighted by Gasteiger charge is -2.29. The van der Waals surface area contributed by atoms with Crippen molar-refractivity contribution in [2.24, 2.45) is 0 Å². The van der Waals surface area contributed by atoms with E-state index in [1.807, 2.05) is 0 Å². The van der Waals surface area contributed by atoms with E-state index in [4.69, 9.17) is 8.83 Å². The Hall–Kier alpha value is -10.2. The highest BCUT2D eigenvalue weighted by molar-refractivity contribution is 6.30. The van der Waals surface area contributed by atoms with Crippen LogP contribution in [-0.2, 0) is 0 Å². The number of fused-ring (bicyclic) bond motifs is 10. The predicted octanol–water partition coefficient (Wildman–Crippen LogP) is 21.0. The minimum Gasteiger partial charge on any atom is -0.453 e. The molecule has 0 spiro atoms. The Balaban J connectivity index is 0.939. The number of hydrogen-bond acceptors (Lipinski definition) is 4. The molecule has 2 heterocycles. The summed E-state index contributed by atoms with van der Waals surface area (Å²) < 4.78 is 14.6. The highest BCUT2D eigenvalue weighted by Gasteiger charge is 2.27. The maximum absolute atomic E-state index is 7.30. The molecule has 16 rings (SSSR count). The van der Waals surface area contributed by atoms with Crippen molar-refractivity contribution in [2.45, 2.75) is 0 Å². The average Bonchev–Trinajstić information content (AvgIpc) is 4.15. The van der Waals surface area contributed by atoms with E-state index < -0.39 is 0 Å². The van der Waals surface area contributed by atoms with E-state index in [0.29, 0.717) is 0 Å². The molecule has 0 N–H and O–H groups in total. The van der Waals surface area contributed by atoms with Gasteiger partial charge in [0, 0.05) is 54.8 Å². The summed E-state index contributed by atoms with van der Waals surface area (Å²) in [5.41, 5.74) is 14.0. The lowest BCUT2D eigenvalue weighted by Crippen LogP contribution is -2.11. The zero-order chi connectivity index (χ0) is 49.8. The Kier molecular flexibility index (Phi) is 9.30. The molecular weight excluding hydrogens is 925 g/mol. The van der Waals surface area contributed by atoms with Gasteiger partial charge in [-0.15, -0.1) is 0 Å². The van der Waals surface area contributed by atoms with Crippen molar-refractivity contribution >= 4 is 132 Å². The van der Waals surface area contributed by atoms with Crippen LogP contribution in [0.15, 0.2) is 276 Å². The number of anilines is 6. The molecule has 0 amide bonds. The lowest BCUT2D eigenvalue weighted by molar-refractivity contribution is 0.670. The summed E-state index contributed by atoms with van der Waals surface area (Å²) >= 11 is 0. The van der Waals surface area contributed by atoms with Crippen molar-refractivity contribution < 1.29 is 8.83 Å². The van der Waals surface area contributed by atoms with E-state index in [1.54, 1.807) is 0 Å². The molecule has 0 atom stereocenters. The van der Waals surface area contributed by atoms with Crippen LogP contribution in [0, 0.1) is 0 Å². The zero-order valence-electron chi connectivity index (χ0n) is 41.1. The summed E-state index contributed by atoms with van der Waals surface area (Å²) in [5.74, 6) is 0. The van der Waals surface area contributed by atoms with Gasteiger partial charge in [-0.05, 0) is 115 Å². The third-order valence-electron chi connectivity index (χ3n) is 15.7. The van der Waals surface area contributed by atoms with Gasteiger partial charge in [-0.25, -0.2) is 0 Å². The summed E-state index contributed by atoms with van der Waals surface area (Å²) in [6.45, 7) is 0. The predicted molar refractivity (Wildman–Crippen MR) is 320 cm³/mol. The Labute approximate surface area is 437 Å². The van der Waals surface area contributed by atoms with Crippen LogP contribution in [0.1, 0.15) is 0 Å². The van der Waals surface area contributed by atoms with Gasteiger partial charge in [-0.3, -0.25) is 0 Å². The number of rotatable bonds is 8. The van der Waals surface area contributed by atoms with Crippen molar-refractivity contribution in [1.82, 2.24) is 0 Å². The number of benzene rings is 14. The van der Waals surface area contributed by atoms with Crippen LogP contribution >= 0.6 is 0 Å². The van der Waals surface area contributed by atoms with E-state index in [9.17, 15) is 0 Å². The summed E-state index contributed by atoms with van der Waals surface area (Å²) in [6.07, 6.45) is 0. The smallest absolute Gasteiger partial charge is 0.159 e. The van der Waals surface area contributed by atoms with Gasteiger partial charge in [0.25, 0.3) is 0 Å². The van der Waals surface area contributed by atoms with Gasteiger partial charge in [0.05, 0.1) is 22.7 Å². The Bertz CT molecular complexity index is 4610. The first-order valence-corrected chi connectivity index (χ1v) is 26.0. The molecule has 354 valence electrons. The molecule has 2 aromatic heterocycles. The van der Waals surface area contributed by atoms with E-state index in [1.165, 1.54) is 43.1 Å². The second kappa shape index (κ2) is 16.7. The SMILES string of the molecule is c1ccc(-c2cc3ccccc3c3c2oc2c(N(c4ccccc4)c4ccc5ccc6c(N(c7ccccc7)c7cccc8c7oc7c(-c9ccccc9)cc9ccccc9c78)ccc7ccc4c5c76)cccc23)cc1. The minimum absolute atomic E-state index is 0.838. The van der Waals surface area contributed by atoms with E-state index in [0.717, 1.165) is 111 Å². The van der Waals surface area contributed by atoms with Crippen molar-refractivity contribution in [3.63, 3.8) is 0 Å². The van der Waals surface area contributed by atoms with Crippen LogP contribution in [0.4, 0.5) is 34.1 Å². The van der Waals surface area contributed by atoms with Crippen molar-refractivity contribution in [2.75, 3.05) is 9.80 Å². The third kappa shape index (κ3) is 6.31. The Morgan fingerprint density at radius 1 is 0.224 bits per heavy atom. The van der Waals surface area contributed by atoms with Crippen LogP contribution < -0.4 is 9.80 Å². The number of para-hydroxylation sites is 4. The molecular formula is C72H44N2O2. The van der Waals surface area contributed by atoms with Crippen LogP contribution in [-0.4, -0.2) is 0 Å². The monoisotopic (exact) mass is 968 g/mol. The normalized spacial score (nSPS) is 11.9. The highest BCUT2D eigenvalue weighted by atomic mass is 16.3. The number of furan rings is 2. The quantitative estimate of drug-likeness (QED) is 0.142. The first-order valence-electron chi connectivity index (χ1n) is 26.0. The van der Waals surface area contributed by atoms with Crippen LogP contribution in [0.3, 0.4) is 0 Å². The van der Waals surface area contributed by atoms with E-state index in [-0.39, 0.29) is 0 Å². The van der Waals surface area contributed by atoms with Crippen molar-refractivity contribution in [3.05, 3.63) is 267 Å². The number of hydrogen-bond donors (Lipinski definition) is 0. The van der Waals surface area contributed by atoms with E-state index in [2.05, 4.69) is 277 Å². The molecule has 16 aromatic rings. The average molecular weight is 969 g/mol. The van der Waals surface area contributed by atoms with Crippen molar-refractivity contribution in [3.8, 4) is 22.3 Å². The molecule has 0 aliphatic carbocycles. The maximum Gasteiger partial charge on any atom is 0.159 e. The third-order valence-corrected chi connectivity index (χ3v) is 15.7.